The first-order valence-electron chi connectivity index (χ1n) is 14.6. The van der Waals surface area contributed by atoms with Crippen molar-refractivity contribution in [2.24, 2.45) is 0 Å². The topological polar surface area (TPSA) is 86.8 Å². The van der Waals surface area contributed by atoms with Crippen LogP contribution in [0.3, 0.4) is 0 Å². The van der Waals surface area contributed by atoms with Gasteiger partial charge in [-0.3, -0.25) is 13.9 Å². The minimum absolute atomic E-state index is 0.0433. The molecule has 0 spiro atoms. The molecule has 0 bridgehead atoms. The number of aryl methyl sites for hydroxylation is 2. The summed E-state index contributed by atoms with van der Waals surface area (Å²) in [5.74, 6) is -0.936. The second-order valence-electron chi connectivity index (χ2n) is 11.2. The van der Waals surface area contributed by atoms with Gasteiger partial charge in [0.1, 0.15) is 12.6 Å². The molecule has 0 aliphatic rings. The lowest BCUT2D eigenvalue weighted by molar-refractivity contribution is -0.140. The summed E-state index contributed by atoms with van der Waals surface area (Å²) in [6.45, 7) is 6.89. The van der Waals surface area contributed by atoms with Crippen LogP contribution in [0.2, 0.25) is 10.0 Å². The Morgan fingerprint density at radius 2 is 1.47 bits per heavy atom. The second-order valence-corrected chi connectivity index (χ2v) is 13.9. The fraction of sp³-hybridized carbons (Fsp3) is 0.257. The van der Waals surface area contributed by atoms with Crippen molar-refractivity contribution in [2.75, 3.05) is 10.8 Å². The van der Waals surface area contributed by atoms with E-state index in [0.29, 0.717) is 21.3 Å². The molecule has 236 valence electrons. The zero-order valence-corrected chi connectivity index (χ0v) is 28.0. The number of benzene rings is 4. The molecule has 7 nitrogen and oxygen atoms in total. The molecule has 0 saturated heterocycles. The van der Waals surface area contributed by atoms with Crippen LogP contribution in [0, 0.1) is 13.8 Å². The van der Waals surface area contributed by atoms with Gasteiger partial charge in [0.05, 0.1) is 10.6 Å². The third kappa shape index (κ3) is 8.66. The maximum atomic E-state index is 14.5. The highest BCUT2D eigenvalue weighted by Gasteiger charge is 2.35. The first-order chi connectivity index (χ1) is 21.4. The minimum atomic E-state index is -4.18. The van der Waals surface area contributed by atoms with Crippen LogP contribution in [0.5, 0.6) is 0 Å². The second kappa shape index (κ2) is 15.0. The first kappa shape index (κ1) is 34.0. The number of carbonyl (C=O) groups excluding carboxylic acids is 2. The van der Waals surface area contributed by atoms with Crippen LogP contribution in [0.15, 0.2) is 102 Å². The summed E-state index contributed by atoms with van der Waals surface area (Å²) in [4.78, 5) is 29.8. The third-order valence-electron chi connectivity index (χ3n) is 7.45. The van der Waals surface area contributed by atoms with Crippen molar-refractivity contribution < 1.29 is 18.0 Å². The molecule has 0 saturated carbocycles. The van der Waals surface area contributed by atoms with Gasteiger partial charge in [-0.25, -0.2) is 8.42 Å². The molecule has 4 aromatic carbocycles. The van der Waals surface area contributed by atoms with E-state index >= 15 is 0 Å². The summed E-state index contributed by atoms with van der Waals surface area (Å²) in [5, 5.41) is 3.69. The first-order valence-corrected chi connectivity index (χ1v) is 16.8. The smallest absolute Gasteiger partial charge is 0.264 e. The molecule has 0 aromatic heterocycles. The number of halogens is 2. The van der Waals surface area contributed by atoms with Gasteiger partial charge in [0, 0.05) is 29.1 Å². The molecule has 0 fully saturated rings. The molecule has 0 unspecified atom stereocenters. The van der Waals surface area contributed by atoms with Gasteiger partial charge in [0.2, 0.25) is 11.8 Å². The van der Waals surface area contributed by atoms with Crippen molar-refractivity contribution in [3.05, 3.63) is 129 Å². The van der Waals surface area contributed by atoms with Crippen molar-refractivity contribution >= 4 is 50.7 Å². The van der Waals surface area contributed by atoms with E-state index in [0.717, 1.165) is 21.0 Å². The zero-order chi connectivity index (χ0) is 32.7. The van der Waals surface area contributed by atoms with Gasteiger partial charge in [0.25, 0.3) is 10.0 Å². The van der Waals surface area contributed by atoms with Crippen LogP contribution in [-0.2, 0) is 32.6 Å². The molecule has 10 heteroatoms. The van der Waals surface area contributed by atoms with E-state index in [2.05, 4.69) is 5.32 Å². The van der Waals surface area contributed by atoms with Crippen molar-refractivity contribution in [1.82, 2.24) is 10.2 Å². The number of hydrogen-bond acceptors (Lipinski definition) is 4. The van der Waals surface area contributed by atoms with Crippen molar-refractivity contribution in [3.63, 3.8) is 0 Å². The Labute approximate surface area is 275 Å². The lowest BCUT2D eigenvalue weighted by atomic mass is 10.0. The predicted molar refractivity (Wildman–Crippen MR) is 181 cm³/mol. The number of carbonyl (C=O) groups is 2. The number of amides is 2. The summed E-state index contributed by atoms with van der Waals surface area (Å²) in [6.07, 6.45) is 0.200. The van der Waals surface area contributed by atoms with Crippen molar-refractivity contribution in [2.45, 2.75) is 57.6 Å². The molecule has 0 heterocycles. The van der Waals surface area contributed by atoms with Crippen LogP contribution >= 0.6 is 23.2 Å². The van der Waals surface area contributed by atoms with E-state index < -0.39 is 28.5 Å². The van der Waals surface area contributed by atoms with E-state index in [4.69, 9.17) is 23.2 Å². The number of nitrogens with zero attached hydrogens (tertiary/aromatic N) is 2. The fourth-order valence-corrected chi connectivity index (χ4v) is 6.79. The van der Waals surface area contributed by atoms with Crippen molar-refractivity contribution in [3.8, 4) is 0 Å². The Balaban J connectivity index is 1.84. The molecule has 1 N–H and O–H groups in total. The van der Waals surface area contributed by atoms with Crippen LogP contribution in [0.25, 0.3) is 0 Å². The Morgan fingerprint density at radius 1 is 0.822 bits per heavy atom. The molecule has 2 amide bonds. The van der Waals surface area contributed by atoms with E-state index in [9.17, 15) is 18.0 Å². The van der Waals surface area contributed by atoms with Gasteiger partial charge in [-0.2, -0.15) is 0 Å². The average molecular weight is 667 g/mol. The molecule has 0 aliphatic heterocycles. The normalized spacial score (nSPS) is 12.1. The van der Waals surface area contributed by atoms with Gasteiger partial charge < -0.3 is 10.2 Å². The van der Waals surface area contributed by atoms with E-state index in [1.54, 1.807) is 48.5 Å². The molecule has 0 radical (unpaired) electrons. The molecule has 45 heavy (non-hydrogen) atoms. The number of sulfonamides is 1. The van der Waals surface area contributed by atoms with Gasteiger partial charge in [0.15, 0.2) is 0 Å². The summed E-state index contributed by atoms with van der Waals surface area (Å²) in [6, 6.07) is 26.4. The quantitative estimate of drug-likeness (QED) is 0.177. The maximum Gasteiger partial charge on any atom is 0.264 e. The van der Waals surface area contributed by atoms with Gasteiger partial charge in [-0.15, -0.1) is 0 Å². The van der Waals surface area contributed by atoms with Crippen LogP contribution in [0.4, 0.5) is 5.69 Å². The zero-order valence-electron chi connectivity index (χ0n) is 25.7. The van der Waals surface area contributed by atoms with Gasteiger partial charge >= 0.3 is 0 Å². The van der Waals surface area contributed by atoms with Crippen LogP contribution < -0.4 is 9.62 Å². The van der Waals surface area contributed by atoms with Crippen molar-refractivity contribution in [1.29, 1.82) is 0 Å². The predicted octanol–water partition coefficient (Wildman–Crippen LogP) is 6.97. The van der Waals surface area contributed by atoms with E-state index in [-0.39, 0.29) is 29.8 Å². The number of anilines is 1. The number of hydrogen-bond donors (Lipinski definition) is 1. The van der Waals surface area contributed by atoms with Gasteiger partial charge in [-0.05, 0) is 86.3 Å². The Morgan fingerprint density at radius 3 is 2.07 bits per heavy atom. The lowest BCUT2D eigenvalue weighted by Crippen LogP contribution is -2.54. The molecular weight excluding hydrogens is 629 g/mol. The number of nitrogens with one attached hydrogen (secondary N) is 1. The largest absolute Gasteiger partial charge is 0.352 e. The summed E-state index contributed by atoms with van der Waals surface area (Å²) >= 11 is 12.7. The average Bonchev–Trinajstić information content (AvgIpc) is 3.00. The molecule has 4 aromatic rings. The Kier molecular flexibility index (Phi) is 11.3. The molecule has 4 rings (SSSR count). The number of rotatable bonds is 12. The SMILES string of the molecule is Cc1ccc(N(CC(=O)N(Cc2ccc(Cl)cc2Cl)[C@@H](Cc2ccccc2)C(=O)NC(C)C)S(=O)(=O)c2ccccc2)cc1C. The lowest BCUT2D eigenvalue weighted by Gasteiger charge is -2.34. The minimum Gasteiger partial charge on any atom is -0.352 e. The monoisotopic (exact) mass is 665 g/mol. The molecular formula is C35H37Cl2N3O4S. The van der Waals surface area contributed by atoms with Gasteiger partial charge in [-0.1, -0.05) is 83.9 Å². The highest BCUT2D eigenvalue weighted by atomic mass is 35.5. The van der Waals surface area contributed by atoms with Crippen LogP contribution in [-0.4, -0.2) is 43.8 Å². The third-order valence-corrected chi connectivity index (χ3v) is 9.82. The maximum absolute atomic E-state index is 14.5. The van der Waals surface area contributed by atoms with Crippen LogP contribution in [0.1, 0.15) is 36.1 Å². The summed E-state index contributed by atoms with van der Waals surface area (Å²) in [7, 11) is -4.18. The fourth-order valence-electron chi connectivity index (χ4n) is 4.90. The molecule has 0 aliphatic carbocycles. The Hall–Kier alpha value is -3.85. The van der Waals surface area contributed by atoms with E-state index in [1.807, 2.05) is 64.1 Å². The standard InChI is InChI=1S/C35H37Cl2N3O4S/c1-24(2)38-35(42)33(20-27-11-7-5-8-12-27)39(22-28-16-17-29(36)21-32(28)37)34(41)23-40(30-18-15-25(3)26(4)19-30)45(43,44)31-13-9-6-10-14-31/h5-19,21,24,33H,20,22-23H2,1-4H3,(H,38,42)/t33-/m0/s1. The summed E-state index contributed by atoms with van der Waals surface area (Å²) < 4.78 is 29.3. The summed E-state index contributed by atoms with van der Waals surface area (Å²) in [5.41, 5.74) is 3.59. The highest BCUT2D eigenvalue weighted by Crippen LogP contribution is 2.28. The highest BCUT2D eigenvalue weighted by molar-refractivity contribution is 7.92. The Bertz CT molecular complexity index is 1750. The van der Waals surface area contributed by atoms with E-state index in [1.165, 1.54) is 17.0 Å². The molecule has 1 atom stereocenters.